The predicted molar refractivity (Wildman–Crippen MR) is 116 cm³/mol. The van der Waals surface area contributed by atoms with E-state index in [0.717, 1.165) is 45.4 Å². The minimum Gasteiger partial charge on any atom is -0.362 e. The Morgan fingerprint density at radius 3 is 2.59 bits per heavy atom. The molecule has 1 aromatic heterocycles. The van der Waals surface area contributed by atoms with Gasteiger partial charge in [0.25, 0.3) is 5.91 Å². The third-order valence-electron chi connectivity index (χ3n) is 5.40. The van der Waals surface area contributed by atoms with Crippen LogP contribution >= 0.6 is 15.9 Å². The molecule has 0 saturated heterocycles. The number of hydrogen-bond acceptors (Lipinski definition) is 4. The highest BCUT2D eigenvalue weighted by atomic mass is 79.9. The highest BCUT2D eigenvalue weighted by Gasteiger charge is 2.38. The number of carbonyl (C=O) groups is 2. The lowest BCUT2D eigenvalue weighted by Gasteiger charge is -2.34. The largest absolute Gasteiger partial charge is 0.362 e. The molecule has 0 fully saturated rings. The summed E-state index contributed by atoms with van der Waals surface area (Å²) in [4.78, 5) is 30.4. The van der Waals surface area contributed by atoms with Gasteiger partial charge >= 0.3 is 0 Å². The topological polar surface area (TPSA) is 71.1 Å². The molecule has 29 heavy (non-hydrogen) atoms. The number of aromatic nitrogens is 1. The molecule has 2 aromatic rings. The number of hydrogen-bond donors (Lipinski definition) is 2. The Morgan fingerprint density at radius 2 is 1.90 bits per heavy atom. The number of pyridine rings is 1. The van der Waals surface area contributed by atoms with E-state index in [4.69, 9.17) is 0 Å². The predicted octanol–water partition coefficient (Wildman–Crippen LogP) is 4.76. The number of Topliss-reactive ketones (excluding diaryl/α,β-unsaturated/α-hetero) is 1. The van der Waals surface area contributed by atoms with Crippen LogP contribution in [0.3, 0.4) is 0 Å². The lowest BCUT2D eigenvalue weighted by molar-refractivity contribution is -0.116. The van der Waals surface area contributed by atoms with Gasteiger partial charge in [-0.1, -0.05) is 29.8 Å². The summed E-state index contributed by atoms with van der Waals surface area (Å²) in [5.74, 6) is -0.0461. The van der Waals surface area contributed by atoms with Crippen LogP contribution in [0.15, 0.2) is 69.6 Å². The molecule has 2 N–H and O–H groups in total. The van der Waals surface area contributed by atoms with Gasteiger partial charge in [-0.15, -0.1) is 0 Å². The number of allylic oxidation sites excluding steroid dienone is 3. The normalized spacial score (nSPS) is 19.0. The highest BCUT2D eigenvalue weighted by Crippen LogP contribution is 2.42. The van der Waals surface area contributed by atoms with Gasteiger partial charge in [-0.25, -0.2) is 4.98 Å². The van der Waals surface area contributed by atoms with Crippen molar-refractivity contribution in [1.82, 2.24) is 10.3 Å². The van der Waals surface area contributed by atoms with Crippen molar-refractivity contribution in [3.63, 3.8) is 0 Å². The van der Waals surface area contributed by atoms with E-state index < -0.39 is 0 Å². The molecule has 2 aliphatic rings. The second kappa shape index (κ2) is 7.95. The van der Waals surface area contributed by atoms with E-state index in [1.165, 1.54) is 0 Å². The maximum Gasteiger partial charge on any atom is 0.255 e. The molecule has 0 bridgehead atoms. The zero-order valence-electron chi connectivity index (χ0n) is 16.4. The molecule has 0 spiro atoms. The molecule has 0 unspecified atom stereocenters. The molecule has 1 amide bonds. The first-order valence-electron chi connectivity index (χ1n) is 9.67. The van der Waals surface area contributed by atoms with Gasteiger partial charge in [-0.3, -0.25) is 9.59 Å². The van der Waals surface area contributed by atoms with E-state index >= 15 is 0 Å². The number of aryl methyl sites for hydroxylation is 1. The van der Waals surface area contributed by atoms with Crippen LogP contribution in [0.25, 0.3) is 0 Å². The molecule has 4 rings (SSSR count). The van der Waals surface area contributed by atoms with Crippen LogP contribution in [0, 0.1) is 6.92 Å². The van der Waals surface area contributed by atoms with Gasteiger partial charge < -0.3 is 10.6 Å². The number of rotatable bonds is 3. The zero-order valence-corrected chi connectivity index (χ0v) is 18.0. The molecule has 5 nitrogen and oxygen atoms in total. The summed E-state index contributed by atoms with van der Waals surface area (Å²) in [7, 11) is 0. The number of dihydropyridines is 1. The molecule has 2 heterocycles. The fourth-order valence-corrected chi connectivity index (χ4v) is 4.24. The first kappa shape index (κ1) is 19.6. The van der Waals surface area contributed by atoms with Gasteiger partial charge in [0.2, 0.25) is 0 Å². The minimum absolute atomic E-state index is 0.115. The van der Waals surface area contributed by atoms with Gasteiger partial charge in [0, 0.05) is 45.5 Å². The van der Waals surface area contributed by atoms with Crippen molar-refractivity contribution in [3.8, 4) is 0 Å². The molecule has 1 atom stereocenters. The highest BCUT2D eigenvalue weighted by molar-refractivity contribution is 9.10. The Morgan fingerprint density at radius 1 is 1.14 bits per heavy atom. The smallest absolute Gasteiger partial charge is 0.255 e. The summed E-state index contributed by atoms with van der Waals surface area (Å²) in [5.41, 5.74) is 5.10. The van der Waals surface area contributed by atoms with Crippen LogP contribution in [-0.4, -0.2) is 16.7 Å². The standard InChI is InChI=1S/C23H22BrN3O2/c1-13-6-8-15(9-7-13)21-20(23(29)27-19-11-10-16(24)12-25-19)14(2)26-17-4-3-5-18(28)22(17)21/h6-12,21,26H,3-5H2,1-2H3,(H,25,27,29)/t21-/m1/s1. The lowest BCUT2D eigenvalue weighted by Crippen LogP contribution is -2.35. The number of anilines is 1. The van der Waals surface area contributed by atoms with E-state index in [2.05, 4.69) is 31.5 Å². The van der Waals surface area contributed by atoms with Crippen molar-refractivity contribution in [2.45, 2.75) is 39.0 Å². The van der Waals surface area contributed by atoms with Crippen molar-refractivity contribution >= 4 is 33.4 Å². The van der Waals surface area contributed by atoms with Gasteiger partial charge in [0.05, 0.1) is 0 Å². The molecule has 0 radical (unpaired) electrons. The Labute approximate surface area is 178 Å². The first-order valence-corrected chi connectivity index (χ1v) is 10.5. The molecule has 6 heteroatoms. The van der Waals surface area contributed by atoms with E-state index in [1.807, 2.05) is 44.2 Å². The summed E-state index contributed by atoms with van der Waals surface area (Å²) in [5, 5.41) is 6.22. The Hall–Kier alpha value is -2.73. The maximum atomic E-state index is 13.3. The third-order valence-corrected chi connectivity index (χ3v) is 5.87. The molecule has 0 saturated carbocycles. The number of nitrogens with one attached hydrogen (secondary N) is 2. The second-order valence-electron chi connectivity index (χ2n) is 7.49. The number of benzene rings is 1. The lowest BCUT2D eigenvalue weighted by atomic mass is 9.75. The van der Waals surface area contributed by atoms with E-state index in [1.54, 1.807) is 12.3 Å². The average Bonchev–Trinajstić information content (AvgIpc) is 2.69. The van der Waals surface area contributed by atoms with Crippen LogP contribution in [0.2, 0.25) is 0 Å². The molecule has 1 aromatic carbocycles. The molecular weight excluding hydrogens is 430 g/mol. The first-order chi connectivity index (χ1) is 13.9. The van der Waals surface area contributed by atoms with Crippen LogP contribution < -0.4 is 10.6 Å². The van der Waals surface area contributed by atoms with Crippen LogP contribution in [0.4, 0.5) is 5.82 Å². The van der Waals surface area contributed by atoms with Gasteiger partial charge in [-0.2, -0.15) is 0 Å². The number of ketones is 1. The second-order valence-corrected chi connectivity index (χ2v) is 8.41. The fourth-order valence-electron chi connectivity index (χ4n) is 4.01. The SMILES string of the molecule is CC1=C(C(=O)Nc2ccc(Br)cn2)[C@@H](c2ccc(C)cc2)C2=C(CCCC2=O)N1. The van der Waals surface area contributed by atoms with Crippen molar-refractivity contribution in [2.75, 3.05) is 5.32 Å². The molecule has 148 valence electrons. The average molecular weight is 452 g/mol. The van der Waals surface area contributed by atoms with Gasteiger partial charge in [0.1, 0.15) is 5.82 Å². The van der Waals surface area contributed by atoms with Crippen molar-refractivity contribution in [2.24, 2.45) is 0 Å². The van der Waals surface area contributed by atoms with E-state index in [0.29, 0.717) is 17.8 Å². The number of carbonyl (C=O) groups excluding carboxylic acids is 2. The Bertz CT molecular complexity index is 1040. The van der Waals surface area contributed by atoms with E-state index in [9.17, 15) is 9.59 Å². The van der Waals surface area contributed by atoms with Gasteiger partial charge in [-0.05, 0) is 60.3 Å². The minimum atomic E-state index is -0.380. The van der Waals surface area contributed by atoms with Crippen LogP contribution in [-0.2, 0) is 9.59 Å². The van der Waals surface area contributed by atoms with Crippen LogP contribution in [0.5, 0.6) is 0 Å². The molecular formula is C23H22BrN3O2. The summed E-state index contributed by atoms with van der Waals surface area (Å²) < 4.78 is 0.838. The Kier molecular flexibility index (Phi) is 5.37. The maximum absolute atomic E-state index is 13.3. The summed E-state index contributed by atoms with van der Waals surface area (Å²) in [6.07, 6.45) is 3.82. The number of halogens is 1. The fraction of sp³-hybridized carbons (Fsp3) is 0.261. The number of amides is 1. The zero-order chi connectivity index (χ0) is 20.5. The number of nitrogens with zero attached hydrogens (tertiary/aromatic N) is 1. The van der Waals surface area contributed by atoms with E-state index in [-0.39, 0.29) is 17.6 Å². The third kappa shape index (κ3) is 3.90. The Balaban J connectivity index is 1.77. The van der Waals surface area contributed by atoms with Crippen molar-refractivity contribution in [3.05, 3.63) is 80.7 Å². The van der Waals surface area contributed by atoms with Crippen LogP contribution in [0.1, 0.15) is 43.2 Å². The molecule has 1 aliphatic heterocycles. The monoisotopic (exact) mass is 451 g/mol. The van der Waals surface area contributed by atoms with Crippen molar-refractivity contribution in [1.29, 1.82) is 0 Å². The van der Waals surface area contributed by atoms with Crippen molar-refractivity contribution < 1.29 is 9.59 Å². The quantitative estimate of drug-likeness (QED) is 0.705. The summed E-state index contributed by atoms with van der Waals surface area (Å²) >= 11 is 3.35. The summed E-state index contributed by atoms with van der Waals surface area (Å²) in [6.45, 7) is 3.92. The molecule has 1 aliphatic carbocycles. The summed E-state index contributed by atoms with van der Waals surface area (Å²) in [6, 6.07) is 11.6. The van der Waals surface area contributed by atoms with Gasteiger partial charge in [0.15, 0.2) is 5.78 Å².